The van der Waals surface area contributed by atoms with Crippen LogP contribution < -0.4 is 4.74 Å². The van der Waals surface area contributed by atoms with Crippen molar-refractivity contribution in [2.75, 3.05) is 27.2 Å². The van der Waals surface area contributed by atoms with Crippen molar-refractivity contribution in [3.05, 3.63) is 58.1 Å². The number of amides is 1. The first-order chi connectivity index (χ1) is 13.5. The average Bonchev–Trinajstić information content (AvgIpc) is 2.66. The van der Waals surface area contributed by atoms with E-state index in [-0.39, 0.29) is 34.7 Å². The Balaban J connectivity index is 2.13. The van der Waals surface area contributed by atoms with Crippen molar-refractivity contribution < 1.29 is 17.9 Å². The Labute approximate surface area is 182 Å². The largest absolute Gasteiger partial charge is 0.492 e. The predicted octanol–water partition coefficient (Wildman–Crippen LogP) is 4.17. The van der Waals surface area contributed by atoms with Crippen molar-refractivity contribution >= 4 is 39.1 Å². The average molecular weight is 459 g/mol. The topological polar surface area (TPSA) is 66.9 Å². The molecular weight excluding hydrogens is 435 g/mol. The van der Waals surface area contributed by atoms with Crippen molar-refractivity contribution in [2.24, 2.45) is 0 Å². The quantitative estimate of drug-likeness (QED) is 0.594. The second kappa shape index (κ2) is 9.80. The van der Waals surface area contributed by atoms with Crippen molar-refractivity contribution in [1.29, 1.82) is 0 Å². The molecule has 29 heavy (non-hydrogen) atoms. The van der Waals surface area contributed by atoms with Crippen LogP contribution in [0.1, 0.15) is 24.2 Å². The minimum atomic E-state index is -3.73. The van der Waals surface area contributed by atoms with Gasteiger partial charge in [-0.3, -0.25) is 4.79 Å². The van der Waals surface area contributed by atoms with Crippen molar-refractivity contribution in [1.82, 2.24) is 9.21 Å². The van der Waals surface area contributed by atoms with E-state index in [1.807, 2.05) is 0 Å². The summed E-state index contributed by atoms with van der Waals surface area (Å²) in [5, 5.41) is 0.742. The second-order valence-electron chi connectivity index (χ2n) is 6.79. The molecule has 0 aromatic heterocycles. The molecule has 0 aliphatic heterocycles. The van der Waals surface area contributed by atoms with Gasteiger partial charge in [-0.25, -0.2) is 8.42 Å². The third kappa shape index (κ3) is 5.85. The van der Waals surface area contributed by atoms with Gasteiger partial charge in [-0.2, -0.15) is 4.31 Å². The van der Waals surface area contributed by atoms with E-state index in [2.05, 4.69) is 0 Å². The highest BCUT2D eigenvalue weighted by molar-refractivity contribution is 7.89. The molecule has 0 N–H and O–H groups in total. The van der Waals surface area contributed by atoms with Crippen LogP contribution in [0, 0.1) is 0 Å². The van der Waals surface area contributed by atoms with Crippen LogP contribution in [0.2, 0.25) is 10.0 Å². The molecule has 0 radical (unpaired) electrons. The Hall–Kier alpha value is -1.80. The number of likely N-dealkylation sites (N-methyl/N-ethyl adjacent to an activating group) is 1. The summed E-state index contributed by atoms with van der Waals surface area (Å²) in [4.78, 5) is 14.2. The number of benzene rings is 2. The molecule has 0 bridgehead atoms. The third-order valence-electron chi connectivity index (χ3n) is 4.41. The highest BCUT2D eigenvalue weighted by Crippen LogP contribution is 2.24. The number of ether oxygens (including phenoxy) is 1. The maximum Gasteiger partial charge on any atom is 0.255 e. The molecule has 1 amide bonds. The number of halogens is 2. The molecule has 0 aliphatic rings. The van der Waals surface area contributed by atoms with Gasteiger partial charge < -0.3 is 9.64 Å². The van der Waals surface area contributed by atoms with Crippen molar-refractivity contribution in [3.8, 4) is 5.75 Å². The second-order valence-corrected chi connectivity index (χ2v) is 9.63. The molecule has 0 saturated heterocycles. The van der Waals surface area contributed by atoms with Gasteiger partial charge in [0.15, 0.2) is 0 Å². The normalized spacial score (nSPS) is 11.7. The zero-order valence-corrected chi connectivity index (χ0v) is 19.1. The van der Waals surface area contributed by atoms with Gasteiger partial charge in [0, 0.05) is 25.2 Å². The van der Waals surface area contributed by atoms with E-state index in [0.717, 1.165) is 0 Å². The van der Waals surface area contributed by atoms with E-state index >= 15 is 0 Å². The van der Waals surface area contributed by atoms with E-state index in [1.165, 1.54) is 34.5 Å². The molecular formula is C20H24Cl2N2O4S. The Morgan fingerprint density at radius 1 is 1.10 bits per heavy atom. The number of rotatable bonds is 8. The van der Waals surface area contributed by atoms with Gasteiger partial charge >= 0.3 is 0 Å². The number of carbonyl (C=O) groups is 1. The SMILES string of the molecule is CC(C)N(C)S(=O)(=O)c1ccc(Cl)c(C(=O)N(C)CCOc2cccc(Cl)c2)c1. The smallest absolute Gasteiger partial charge is 0.255 e. The van der Waals surface area contributed by atoms with Crippen LogP contribution in [-0.4, -0.2) is 56.8 Å². The molecule has 2 aromatic carbocycles. The fraction of sp³-hybridized carbons (Fsp3) is 0.350. The van der Waals surface area contributed by atoms with Gasteiger partial charge in [-0.15, -0.1) is 0 Å². The van der Waals surface area contributed by atoms with E-state index in [9.17, 15) is 13.2 Å². The minimum absolute atomic E-state index is 0.0185. The number of hydrogen-bond acceptors (Lipinski definition) is 4. The molecule has 2 rings (SSSR count). The molecule has 0 unspecified atom stereocenters. The Morgan fingerprint density at radius 2 is 1.79 bits per heavy atom. The Morgan fingerprint density at radius 3 is 2.41 bits per heavy atom. The third-order valence-corrected chi connectivity index (χ3v) is 7.00. The fourth-order valence-electron chi connectivity index (χ4n) is 2.44. The highest BCUT2D eigenvalue weighted by Gasteiger charge is 2.25. The molecule has 2 aromatic rings. The van der Waals surface area contributed by atoms with Gasteiger partial charge in [-0.1, -0.05) is 29.3 Å². The zero-order chi connectivity index (χ0) is 21.8. The molecule has 0 heterocycles. The number of carbonyl (C=O) groups excluding carboxylic acids is 1. The molecule has 6 nitrogen and oxygen atoms in total. The zero-order valence-electron chi connectivity index (χ0n) is 16.7. The molecule has 158 valence electrons. The summed E-state index contributed by atoms with van der Waals surface area (Å²) in [6.45, 7) is 4.07. The lowest BCUT2D eigenvalue weighted by Gasteiger charge is -2.22. The van der Waals surface area contributed by atoms with Crippen LogP contribution in [0.25, 0.3) is 0 Å². The van der Waals surface area contributed by atoms with Gasteiger partial charge in [0.05, 0.1) is 22.0 Å². The maximum absolute atomic E-state index is 12.8. The molecule has 9 heteroatoms. The summed E-state index contributed by atoms with van der Waals surface area (Å²) in [5.41, 5.74) is 0.121. The van der Waals surface area contributed by atoms with Crippen LogP contribution in [0.5, 0.6) is 5.75 Å². The van der Waals surface area contributed by atoms with Crippen LogP contribution in [0.4, 0.5) is 0 Å². The monoisotopic (exact) mass is 458 g/mol. The van der Waals surface area contributed by atoms with Crippen LogP contribution >= 0.6 is 23.2 Å². The van der Waals surface area contributed by atoms with Crippen molar-refractivity contribution in [2.45, 2.75) is 24.8 Å². The van der Waals surface area contributed by atoms with Gasteiger partial charge in [-0.05, 0) is 50.2 Å². The van der Waals surface area contributed by atoms with E-state index in [4.69, 9.17) is 27.9 Å². The summed E-state index contributed by atoms with van der Waals surface area (Å²) in [5.74, 6) is 0.204. The highest BCUT2D eigenvalue weighted by atomic mass is 35.5. The predicted molar refractivity (Wildman–Crippen MR) is 115 cm³/mol. The summed E-state index contributed by atoms with van der Waals surface area (Å²) in [6, 6.07) is 10.9. The van der Waals surface area contributed by atoms with Gasteiger partial charge in [0.1, 0.15) is 12.4 Å². The summed E-state index contributed by atoms with van der Waals surface area (Å²) >= 11 is 12.1. The fourth-order valence-corrected chi connectivity index (χ4v) is 4.21. The molecule has 0 spiro atoms. The van der Waals surface area contributed by atoms with Crippen LogP contribution in [0.3, 0.4) is 0 Å². The van der Waals surface area contributed by atoms with Crippen molar-refractivity contribution in [3.63, 3.8) is 0 Å². The molecule has 0 aliphatic carbocycles. The summed E-state index contributed by atoms with van der Waals surface area (Å²) < 4.78 is 32.3. The van der Waals surface area contributed by atoms with E-state index in [1.54, 1.807) is 45.2 Å². The molecule has 0 atom stereocenters. The first-order valence-electron chi connectivity index (χ1n) is 8.95. The van der Waals surface area contributed by atoms with E-state index < -0.39 is 15.9 Å². The molecule has 0 fully saturated rings. The lowest BCUT2D eigenvalue weighted by molar-refractivity contribution is 0.0773. The minimum Gasteiger partial charge on any atom is -0.492 e. The number of nitrogens with zero attached hydrogens (tertiary/aromatic N) is 2. The Bertz CT molecular complexity index is 980. The standard InChI is InChI=1S/C20H24Cl2N2O4S/c1-14(2)24(4)29(26,27)17-8-9-19(22)18(13-17)20(25)23(3)10-11-28-16-7-5-6-15(21)12-16/h5-9,12-14H,10-11H2,1-4H3. The maximum atomic E-state index is 12.8. The van der Waals surface area contributed by atoms with Gasteiger partial charge in [0.25, 0.3) is 5.91 Å². The first-order valence-corrected chi connectivity index (χ1v) is 11.1. The number of sulfonamides is 1. The lowest BCUT2D eigenvalue weighted by atomic mass is 10.2. The van der Waals surface area contributed by atoms with Crippen LogP contribution in [-0.2, 0) is 10.0 Å². The van der Waals surface area contributed by atoms with Crippen LogP contribution in [0.15, 0.2) is 47.4 Å². The number of hydrogen-bond donors (Lipinski definition) is 0. The lowest BCUT2D eigenvalue weighted by Crippen LogP contribution is -2.34. The summed E-state index contributed by atoms with van der Waals surface area (Å²) in [7, 11) is -0.633. The molecule has 0 saturated carbocycles. The Kier molecular flexibility index (Phi) is 7.94. The first kappa shape index (κ1) is 23.5. The van der Waals surface area contributed by atoms with E-state index in [0.29, 0.717) is 10.8 Å². The van der Waals surface area contributed by atoms with Gasteiger partial charge in [0.2, 0.25) is 10.0 Å². The summed E-state index contributed by atoms with van der Waals surface area (Å²) in [6.07, 6.45) is 0.